The van der Waals surface area contributed by atoms with Crippen molar-refractivity contribution in [2.24, 2.45) is 10.8 Å². The molecule has 1 aliphatic heterocycles. The molecule has 0 saturated carbocycles. The van der Waals surface area contributed by atoms with Crippen LogP contribution in [0.4, 0.5) is 0 Å². The van der Waals surface area contributed by atoms with Gasteiger partial charge in [-0.05, 0) is 28.9 Å². The van der Waals surface area contributed by atoms with Crippen LogP contribution in [-0.4, -0.2) is 8.42 Å². The van der Waals surface area contributed by atoms with Crippen molar-refractivity contribution in [2.75, 3.05) is 0 Å². The average Bonchev–Trinajstić information content (AvgIpc) is 2.41. The number of rotatable bonds is 2. The van der Waals surface area contributed by atoms with E-state index in [-0.39, 0.29) is 10.8 Å². The molecule has 1 rings (SSSR count). The second-order valence-electron chi connectivity index (χ2n) is 6.08. The van der Waals surface area contributed by atoms with Crippen LogP contribution >= 0.6 is 0 Å². The van der Waals surface area contributed by atoms with E-state index in [0.717, 1.165) is 12.0 Å². The summed E-state index contributed by atoms with van der Waals surface area (Å²) in [5, 5.41) is 1.35. The molecule has 1 heterocycles. The van der Waals surface area contributed by atoms with Gasteiger partial charge in [0.05, 0.1) is 4.91 Å². The maximum atomic E-state index is 12.0. The molecule has 0 atom stereocenters. The number of sulfone groups is 1. The second-order valence-corrected chi connectivity index (χ2v) is 7.85. The zero-order valence-corrected chi connectivity index (χ0v) is 11.9. The minimum Gasteiger partial charge on any atom is -0.219 e. The summed E-state index contributed by atoms with van der Waals surface area (Å²) in [6.45, 7) is 12.2. The summed E-state index contributed by atoms with van der Waals surface area (Å²) in [7, 11) is -3.19. The van der Waals surface area contributed by atoms with E-state index in [1.165, 1.54) is 5.41 Å². The number of hydrogen-bond donors (Lipinski definition) is 0. The standard InChI is InChI=1S/C13H22O2S/c1-7-13(5,6)10-8-9-16(14,15)11(10)12(2,3)4/h8-9H,7H2,1-6H3. The normalized spacial score (nSPS) is 20.6. The Morgan fingerprint density at radius 3 is 2.00 bits per heavy atom. The van der Waals surface area contributed by atoms with Crippen molar-refractivity contribution in [1.29, 1.82) is 0 Å². The Hall–Kier alpha value is -0.570. The summed E-state index contributed by atoms with van der Waals surface area (Å²) in [6.07, 6.45) is 2.71. The Bertz CT molecular complexity index is 443. The van der Waals surface area contributed by atoms with Crippen molar-refractivity contribution in [3.05, 3.63) is 22.0 Å². The van der Waals surface area contributed by atoms with Crippen LogP contribution in [0, 0.1) is 10.8 Å². The molecule has 1 aliphatic rings. The Kier molecular flexibility index (Phi) is 3.14. The van der Waals surface area contributed by atoms with E-state index in [9.17, 15) is 8.42 Å². The molecule has 0 amide bonds. The number of hydrogen-bond acceptors (Lipinski definition) is 2. The largest absolute Gasteiger partial charge is 0.219 e. The zero-order chi connectivity index (χ0) is 12.8. The highest BCUT2D eigenvalue weighted by atomic mass is 32.2. The summed E-state index contributed by atoms with van der Waals surface area (Å²) in [4.78, 5) is 0.590. The molecular formula is C13H22O2S. The van der Waals surface area contributed by atoms with Gasteiger partial charge in [0.25, 0.3) is 0 Å². The van der Waals surface area contributed by atoms with Crippen LogP contribution in [0.25, 0.3) is 0 Å². The summed E-state index contributed by atoms with van der Waals surface area (Å²) >= 11 is 0. The summed E-state index contributed by atoms with van der Waals surface area (Å²) in [6, 6.07) is 0. The van der Waals surface area contributed by atoms with Crippen molar-refractivity contribution in [3.8, 4) is 0 Å². The van der Waals surface area contributed by atoms with Gasteiger partial charge in [-0.2, -0.15) is 0 Å². The highest BCUT2D eigenvalue weighted by Gasteiger charge is 2.38. The topological polar surface area (TPSA) is 34.1 Å². The predicted molar refractivity (Wildman–Crippen MR) is 68.6 cm³/mol. The van der Waals surface area contributed by atoms with Crippen LogP contribution in [0.3, 0.4) is 0 Å². The Morgan fingerprint density at radius 2 is 1.62 bits per heavy atom. The third-order valence-electron chi connectivity index (χ3n) is 3.24. The molecule has 0 aromatic carbocycles. The highest BCUT2D eigenvalue weighted by Crippen LogP contribution is 2.45. The SMILES string of the molecule is CCC(C)(C)C1=C(C(C)(C)C)S(=O)(=O)C=C1. The van der Waals surface area contributed by atoms with Gasteiger partial charge in [-0.1, -0.05) is 41.5 Å². The molecule has 0 spiro atoms. The maximum Gasteiger partial charge on any atom is 0.196 e. The molecule has 92 valence electrons. The maximum absolute atomic E-state index is 12.0. The third kappa shape index (κ3) is 2.24. The molecule has 0 unspecified atom stereocenters. The van der Waals surface area contributed by atoms with Gasteiger partial charge in [0.2, 0.25) is 0 Å². The fourth-order valence-corrected chi connectivity index (χ4v) is 3.96. The molecule has 0 aromatic rings. The van der Waals surface area contributed by atoms with Crippen molar-refractivity contribution in [1.82, 2.24) is 0 Å². The Labute approximate surface area is 99.4 Å². The predicted octanol–water partition coefficient (Wildman–Crippen LogP) is 3.66. The lowest BCUT2D eigenvalue weighted by Gasteiger charge is -2.29. The van der Waals surface area contributed by atoms with E-state index in [4.69, 9.17) is 0 Å². The second kappa shape index (κ2) is 3.73. The van der Waals surface area contributed by atoms with Crippen LogP contribution in [0.5, 0.6) is 0 Å². The van der Waals surface area contributed by atoms with E-state index in [2.05, 4.69) is 20.8 Å². The molecule has 0 radical (unpaired) electrons. The first kappa shape index (κ1) is 13.5. The van der Waals surface area contributed by atoms with Gasteiger partial charge in [0.1, 0.15) is 0 Å². The van der Waals surface area contributed by atoms with Crippen LogP contribution in [0.1, 0.15) is 48.0 Å². The quantitative estimate of drug-likeness (QED) is 0.740. The van der Waals surface area contributed by atoms with Crippen LogP contribution in [-0.2, 0) is 9.84 Å². The molecule has 0 bridgehead atoms. The van der Waals surface area contributed by atoms with E-state index in [0.29, 0.717) is 4.91 Å². The van der Waals surface area contributed by atoms with Gasteiger partial charge in [0, 0.05) is 5.41 Å². The van der Waals surface area contributed by atoms with Crippen molar-refractivity contribution in [2.45, 2.75) is 48.0 Å². The van der Waals surface area contributed by atoms with Gasteiger partial charge in [-0.15, -0.1) is 0 Å². The molecule has 16 heavy (non-hydrogen) atoms. The summed E-state index contributed by atoms with van der Waals surface area (Å²) < 4.78 is 24.1. The molecule has 0 N–H and O–H groups in total. The van der Waals surface area contributed by atoms with Crippen molar-refractivity contribution < 1.29 is 8.42 Å². The van der Waals surface area contributed by atoms with Crippen molar-refractivity contribution >= 4 is 9.84 Å². The molecule has 3 heteroatoms. The minimum atomic E-state index is -3.19. The van der Waals surface area contributed by atoms with E-state index >= 15 is 0 Å². The lowest BCUT2D eigenvalue weighted by Crippen LogP contribution is -2.21. The molecule has 0 aliphatic carbocycles. The van der Waals surface area contributed by atoms with Gasteiger partial charge in [0.15, 0.2) is 9.84 Å². The first-order chi connectivity index (χ1) is 7.02. The van der Waals surface area contributed by atoms with E-state index in [1.807, 2.05) is 20.8 Å². The fourth-order valence-electron chi connectivity index (χ4n) is 2.01. The summed E-state index contributed by atoms with van der Waals surface area (Å²) in [5.74, 6) is 0. The Balaban J connectivity index is 3.50. The van der Waals surface area contributed by atoms with Crippen LogP contribution in [0.15, 0.2) is 22.0 Å². The third-order valence-corrected chi connectivity index (χ3v) is 5.13. The average molecular weight is 242 g/mol. The molecule has 0 fully saturated rings. The van der Waals surface area contributed by atoms with Crippen LogP contribution < -0.4 is 0 Å². The van der Waals surface area contributed by atoms with Gasteiger partial charge in [-0.3, -0.25) is 0 Å². The fraction of sp³-hybridized carbons (Fsp3) is 0.692. The smallest absolute Gasteiger partial charge is 0.196 e. The van der Waals surface area contributed by atoms with E-state index < -0.39 is 9.84 Å². The highest BCUT2D eigenvalue weighted by molar-refractivity contribution is 7.98. The zero-order valence-electron chi connectivity index (χ0n) is 11.1. The molecular weight excluding hydrogens is 220 g/mol. The van der Waals surface area contributed by atoms with Crippen molar-refractivity contribution in [3.63, 3.8) is 0 Å². The van der Waals surface area contributed by atoms with E-state index in [1.54, 1.807) is 6.08 Å². The van der Waals surface area contributed by atoms with Gasteiger partial charge >= 0.3 is 0 Å². The lowest BCUT2D eigenvalue weighted by molar-refractivity contribution is 0.420. The summed E-state index contributed by atoms with van der Waals surface area (Å²) in [5.41, 5.74) is 0.565. The molecule has 0 aromatic heterocycles. The van der Waals surface area contributed by atoms with Crippen LogP contribution in [0.2, 0.25) is 0 Å². The lowest BCUT2D eigenvalue weighted by atomic mass is 9.78. The first-order valence-corrected chi connectivity index (χ1v) is 7.25. The number of allylic oxidation sites excluding steroid dienone is 3. The van der Waals surface area contributed by atoms with Gasteiger partial charge < -0.3 is 0 Å². The monoisotopic (exact) mass is 242 g/mol. The van der Waals surface area contributed by atoms with Gasteiger partial charge in [-0.25, -0.2) is 8.42 Å². The molecule has 2 nitrogen and oxygen atoms in total. The first-order valence-electron chi connectivity index (χ1n) is 5.71. The molecule has 0 saturated heterocycles. The minimum absolute atomic E-state index is 0.0807. The Morgan fingerprint density at radius 1 is 1.12 bits per heavy atom.